The van der Waals surface area contributed by atoms with Crippen LogP contribution < -0.4 is 5.32 Å². The van der Waals surface area contributed by atoms with E-state index >= 15 is 0 Å². The van der Waals surface area contributed by atoms with Crippen LogP contribution >= 0.6 is 0 Å². The van der Waals surface area contributed by atoms with Crippen molar-refractivity contribution >= 4 is 5.97 Å². The van der Waals surface area contributed by atoms with Crippen LogP contribution in [0.3, 0.4) is 0 Å². The number of carbonyl (C=O) groups is 1. The van der Waals surface area contributed by atoms with Crippen molar-refractivity contribution in [3.8, 4) is 0 Å². The maximum absolute atomic E-state index is 12.8. The number of methoxy groups -OCH3 is 1. The molecule has 2 unspecified atom stereocenters. The Morgan fingerprint density at radius 3 is 2.56 bits per heavy atom. The Labute approximate surface area is 106 Å². The molecule has 0 saturated heterocycles. The van der Waals surface area contributed by atoms with Crippen molar-refractivity contribution in [2.45, 2.75) is 25.0 Å². The maximum Gasteiger partial charge on any atom is 0.305 e. The molecule has 1 aromatic carbocycles. The summed E-state index contributed by atoms with van der Waals surface area (Å²) in [5.74, 6) is -0.664. The van der Waals surface area contributed by atoms with Gasteiger partial charge in [-0.1, -0.05) is 12.1 Å². The van der Waals surface area contributed by atoms with E-state index in [-0.39, 0.29) is 24.2 Å². The Bertz CT molecular complexity index is 380. The molecule has 0 heterocycles. The SMILES string of the molecule is CNC(CCC(=O)OC)C(O)c1ccc(F)cc1. The molecule has 0 saturated carbocycles. The number of esters is 1. The molecule has 0 spiro atoms. The molecule has 0 aliphatic rings. The molecular weight excluding hydrogens is 237 g/mol. The highest BCUT2D eigenvalue weighted by Gasteiger charge is 2.20. The van der Waals surface area contributed by atoms with E-state index in [0.29, 0.717) is 12.0 Å². The predicted octanol–water partition coefficient (Wildman–Crippen LogP) is 1.40. The lowest BCUT2D eigenvalue weighted by Crippen LogP contribution is -2.32. The molecule has 100 valence electrons. The largest absolute Gasteiger partial charge is 0.469 e. The lowest BCUT2D eigenvalue weighted by Gasteiger charge is -2.22. The van der Waals surface area contributed by atoms with Gasteiger partial charge in [0.15, 0.2) is 0 Å². The van der Waals surface area contributed by atoms with Crippen LogP contribution in [-0.4, -0.2) is 31.3 Å². The van der Waals surface area contributed by atoms with Crippen LogP contribution in [0.1, 0.15) is 24.5 Å². The average Bonchev–Trinajstić information content (AvgIpc) is 2.39. The highest BCUT2D eigenvalue weighted by atomic mass is 19.1. The zero-order valence-electron chi connectivity index (χ0n) is 10.5. The van der Waals surface area contributed by atoms with Gasteiger partial charge in [-0.15, -0.1) is 0 Å². The Morgan fingerprint density at radius 2 is 2.06 bits per heavy atom. The van der Waals surface area contributed by atoms with Crippen molar-refractivity contribution in [1.82, 2.24) is 5.32 Å². The number of halogens is 1. The minimum Gasteiger partial charge on any atom is -0.469 e. The van der Waals surface area contributed by atoms with Crippen molar-refractivity contribution < 1.29 is 19.0 Å². The van der Waals surface area contributed by atoms with Gasteiger partial charge < -0.3 is 15.2 Å². The number of nitrogens with one attached hydrogen (secondary N) is 1. The molecule has 0 radical (unpaired) electrons. The summed E-state index contributed by atoms with van der Waals surface area (Å²) in [6.07, 6.45) is -0.123. The van der Waals surface area contributed by atoms with Gasteiger partial charge in [-0.05, 0) is 31.2 Å². The van der Waals surface area contributed by atoms with Gasteiger partial charge >= 0.3 is 5.97 Å². The topological polar surface area (TPSA) is 58.6 Å². The Morgan fingerprint density at radius 1 is 1.44 bits per heavy atom. The van der Waals surface area contributed by atoms with E-state index in [9.17, 15) is 14.3 Å². The van der Waals surface area contributed by atoms with Crippen molar-refractivity contribution in [2.75, 3.05) is 14.2 Å². The van der Waals surface area contributed by atoms with Crippen LogP contribution in [0, 0.1) is 5.82 Å². The fraction of sp³-hybridized carbons (Fsp3) is 0.462. The second kappa shape index (κ2) is 7.08. The first kappa shape index (κ1) is 14.6. The summed E-state index contributed by atoms with van der Waals surface area (Å²) in [5.41, 5.74) is 0.612. The van der Waals surface area contributed by atoms with E-state index in [1.165, 1.54) is 31.4 Å². The summed E-state index contributed by atoms with van der Waals surface area (Å²) in [7, 11) is 3.03. The first-order chi connectivity index (χ1) is 8.58. The molecule has 0 aliphatic heterocycles. The molecule has 0 amide bonds. The fourth-order valence-corrected chi connectivity index (χ4v) is 1.73. The van der Waals surface area contributed by atoms with Crippen LogP contribution in [0.2, 0.25) is 0 Å². The third-order valence-electron chi connectivity index (χ3n) is 2.85. The highest BCUT2D eigenvalue weighted by Crippen LogP contribution is 2.20. The number of ether oxygens (including phenoxy) is 1. The third kappa shape index (κ3) is 4.09. The zero-order valence-corrected chi connectivity index (χ0v) is 10.5. The van der Waals surface area contributed by atoms with Crippen molar-refractivity contribution in [2.24, 2.45) is 0 Å². The van der Waals surface area contributed by atoms with Gasteiger partial charge in [0.25, 0.3) is 0 Å². The predicted molar refractivity (Wildman–Crippen MR) is 65.5 cm³/mol. The number of hydrogen-bond acceptors (Lipinski definition) is 4. The van der Waals surface area contributed by atoms with Gasteiger partial charge in [0.2, 0.25) is 0 Å². The minimum absolute atomic E-state index is 0.222. The normalized spacial score (nSPS) is 14.0. The van der Waals surface area contributed by atoms with Gasteiger partial charge in [-0.3, -0.25) is 4.79 Å². The number of likely N-dealkylation sites (N-methyl/N-ethyl adjacent to an activating group) is 1. The second-order valence-electron chi connectivity index (χ2n) is 4.01. The zero-order chi connectivity index (χ0) is 13.5. The van der Waals surface area contributed by atoms with Crippen LogP contribution in [0.15, 0.2) is 24.3 Å². The smallest absolute Gasteiger partial charge is 0.305 e. The Hall–Kier alpha value is -1.46. The molecule has 5 heteroatoms. The van der Waals surface area contributed by atoms with Gasteiger partial charge in [0.1, 0.15) is 5.82 Å². The van der Waals surface area contributed by atoms with E-state index in [0.717, 1.165) is 0 Å². The molecule has 0 bridgehead atoms. The summed E-state index contributed by atoms with van der Waals surface area (Å²) < 4.78 is 17.3. The first-order valence-electron chi connectivity index (χ1n) is 5.76. The molecule has 0 aromatic heterocycles. The Balaban J connectivity index is 2.63. The monoisotopic (exact) mass is 255 g/mol. The van der Waals surface area contributed by atoms with Crippen molar-refractivity contribution in [3.63, 3.8) is 0 Å². The number of carbonyl (C=O) groups excluding carboxylic acids is 1. The van der Waals surface area contributed by atoms with E-state index in [4.69, 9.17) is 0 Å². The van der Waals surface area contributed by atoms with E-state index in [1.807, 2.05) is 0 Å². The number of hydrogen-bond donors (Lipinski definition) is 2. The summed E-state index contributed by atoms with van der Waals surface area (Å²) in [5, 5.41) is 13.1. The average molecular weight is 255 g/mol. The van der Waals surface area contributed by atoms with Gasteiger partial charge in [0.05, 0.1) is 13.2 Å². The second-order valence-corrected chi connectivity index (χ2v) is 4.01. The van der Waals surface area contributed by atoms with Crippen molar-refractivity contribution in [3.05, 3.63) is 35.6 Å². The van der Waals surface area contributed by atoms with E-state index < -0.39 is 6.10 Å². The summed E-state index contributed by atoms with van der Waals surface area (Å²) in [4.78, 5) is 11.1. The van der Waals surface area contributed by atoms with Gasteiger partial charge in [-0.25, -0.2) is 4.39 Å². The van der Waals surface area contributed by atoms with Crippen molar-refractivity contribution in [1.29, 1.82) is 0 Å². The molecule has 2 N–H and O–H groups in total. The van der Waals surface area contributed by atoms with Gasteiger partial charge in [-0.2, -0.15) is 0 Å². The molecule has 1 aromatic rings. The number of aliphatic hydroxyl groups is 1. The molecular formula is C13H18FNO3. The van der Waals surface area contributed by atoms with Gasteiger partial charge in [0, 0.05) is 12.5 Å². The summed E-state index contributed by atoms with van der Waals surface area (Å²) >= 11 is 0. The molecule has 0 aliphatic carbocycles. The van der Waals surface area contributed by atoms with E-state index in [1.54, 1.807) is 7.05 Å². The van der Waals surface area contributed by atoms with Crippen LogP contribution in [0.25, 0.3) is 0 Å². The summed E-state index contributed by atoms with van der Waals surface area (Å²) in [6, 6.07) is 5.37. The standard InChI is InChI=1S/C13H18FNO3/c1-15-11(7-8-12(16)18-2)13(17)9-3-5-10(14)6-4-9/h3-6,11,13,15,17H,7-8H2,1-2H3. The van der Waals surface area contributed by atoms with Crippen LogP contribution in [0.5, 0.6) is 0 Å². The lowest BCUT2D eigenvalue weighted by atomic mass is 9.98. The first-order valence-corrected chi connectivity index (χ1v) is 5.76. The van der Waals surface area contributed by atoms with E-state index in [2.05, 4.69) is 10.1 Å². The molecule has 0 fully saturated rings. The Kier molecular flexibility index (Phi) is 5.74. The molecule has 4 nitrogen and oxygen atoms in total. The highest BCUT2D eigenvalue weighted by molar-refractivity contribution is 5.69. The summed E-state index contributed by atoms with van der Waals surface area (Å²) in [6.45, 7) is 0. The minimum atomic E-state index is -0.791. The maximum atomic E-state index is 12.8. The number of benzene rings is 1. The van der Waals surface area contributed by atoms with Crippen LogP contribution in [0.4, 0.5) is 4.39 Å². The molecule has 2 atom stereocenters. The quantitative estimate of drug-likeness (QED) is 0.754. The number of rotatable bonds is 6. The lowest BCUT2D eigenvalue weighted by molar-refractivity contribution is -0.140. The van der Waals surface area contributed by atoms with Crippen LogP contribution in [-0.2, 0) is 9.53 Å². The molecule has 18 heavy (non-hydrogen) atoms. The number of aliphatic hydroxyl groups excluding tert-OH is 1. The third-order valence-corrected chi connectivity index (χ3v) is 2.85. The fourth-order valence-electron chi connectivity index (χ4n) is 1.73. The molecule has 1 rings (SSSR count).